The molecule has 0 amide bonds. The highest BCUT2D eigenvalue weighted by atomic mass is 19.4. The van der Waals surface area contributed by atoms with E-state index in [-0.39, 0.29) is 5.69 Å². The molecule has 1 aromatic rings. The molecule has 0 saturated heterocycles. The SMILES string of the molecule is CC(C)c1nc(CC(=O)O)oc1C(F)(F)F. The third-order valence-electron chi connectivity index (χ3n) is 1.80. The Morgan fingerprint density at radius 3 is 2.38 bits per heavy atom. The van der Waals surface area contributed by atoms with Gasteiger partial charge in [0.2, 0.25) is 11.7 Å². The van der Waals surface area contributed by atoms with Crippen molar-refractivity contribution >= 4 is 5.97 Å². The molecule has 0 atom stereocenters. The highest BCUT2D eigenvalue weighted by Gasteiger charge is 2.40. The number of aromatic nitrogens is 1. The van der Waals surface area contributed by atoms with E-state index in [1.54, 1.807) is 0 Å². The lowest BCUT2D eigenvalue weighted by molar-refractivity contribution is -0.154. The summed E-state index contributed by atoms with van der Waals surface area (Å²) >= 11 is 0. The van der Waals surface area contributed by atoms with Gasteiger partial charge >= 0.3 is 12.1 Å². The number of carboxylic acid groups (broad SMARTS) is 1. The van der Waals surface area contributed by atoms with Crippen LogP contribution in [0.5, 0.6) is 0 Å². The van der Waals surface area contributed by atoms with E-state index >= 15 is 0 Å². The van der Waals surface area contributed by atoms with Gasteiger partial charge in [-0.15, -0.1) is 0 Å². The van der Waals surface area contributed by atoms with Gasteiger partial charge in [0.25, 0.3) is 0 Å². The quantitative estimate of drug-likeness (QED) is 0.876. The van der Waals surface area contributed by atoms with E-state index in [9.17, 15) is 18.0 Å². The second-order valence-corrected chi connectivity index (χ2v) is 3.54. The van der Waals surface area contributed by atoms with Crippen LogP contribution in [0.25, 0.3) is 0 Å². The first-order valence-electron chi connectivity index (χ1n) is 4.50. The van der Waals surface area contributed by atoms with Crippen LogP contribution in [0.4, 0.5) is 13.2 Å². The molecule has 0 saturated carbocycles. The topological polar surface area (TPSA) is 63.3 Å². The van der Waals surface area contributed by atoms with E-state index in [1.807, 2.05) is 0 Å². The zero-order valence-corrected chi connectivity index (χ0v) is 8.63. The predicted molar refractivity (Wildman–Crippen MR) is 46.9 cm³/mol. The minimum absolute atomic E-state index is 0.260. The minimum Gasteiger partial charge on any atom is -0.481 e. The van der Waals surface area contributed by atoms with Crippen molar-refractivity contribution in [2.45, 2.75) is 32.4 Å². The molecule has 1 N–H and O–H groups in total. The predicted octanol–water partition coefficient (Wildman–Crippen LogP) is 2.44. The molecule has 0 fully saturated rings. The molecule has 1 heterocycles. The molecule has 0 aromatic carbocycles. The number of carboxylic acids is 1. The van der Waals surface area contributed by atoms with Crippen LogP contribution in [0.3, 0.4) is 0 Å². The van der Waals surface area contributed by atoms with Gasteiger partial charge in [-0.1, -0.05) is 13.8 Å². The van der Waals surface area contributed by atoms with Crippen LogP contribution in [0, 0.1) is 0 Å². The van der Waals surface area contributed by atoms with Crippen molar-refractivity contribution < 1.29 is 27.5 Å². The molecule has 0 bridgehead atoms. The Labute approximate surface area is 89.1 Å². The summed E-state index contributed by atoms with van der Waals surface area (Å²) in [6.45, 7) is 3.05. The van der Waals surface area contributed by atoms with Crippen LogP contribution in [0.15, 0.2) is 4.42 Å². The number of carbonyl (C=O) groups is 1. The van der Waals surface area contributed by atoms with E-state index in [1.165, 1.54) is 13.8 Å². The van der Waals surface area contributed by atoms with Gasteiger partial charge in [-0.05, 0) is 5.92 Å². The number of halogens is 3. The number of nitrogens with zero attached hydrogens (tertiary/aromatic N) is 1. The number of hydrogen-bond donors (Lipinski definition) is 1. The normalized spacial score (nSPS) is 12.1. The Balaban J connectivity index is 3.15. The van der Waals surface area contributed by atoms with E-state index in [4.69, 9.17) is 5.11 Å². The Morgan fingerprint density at radius 1 is 1.50 bits per heavy atom. The second-order valence-electron chi connectivity index (χ2n) is 3.54. The summed E-state index contributed by atoms with van der Waals surface area (Å²) in [5.41, 5.74) is -0.260. The zero-order chi connectivity index (χ0) is 12.5. The molecule has 0 unspecified atom stereocenters. The number of hydrogen-bond acceptors (Lipinski definition) is 3. The Kier molecular flexibility index (Phi) is 3.25. The fraction of sp³-hybridized carbons (Fsp3) is 0.556. The van der Waals surface area contributed by atoms with Gasteiger partial charge in [0.05, 0.1) is 5.69 Å². The molecule has 0 aliphatic rings. The van der Waals surface area contributed by atoms with Crippen LogP contribution in [0.1, 0.15) is 37.1 Å². The van der Waals surface area contributed by atoms with Gasteiger partial charge in [0, 0.05) is 0 Å². The van der Waals surface area contributed by atoms with Crippen molar-refractivity contribution in [3.63, 3.8) is 0 Å². The maximum absolute atomic E-state index is 12.5. The van der Waals surface area contributed by atoms with Crippen LogP contribution < -0.4 is 0 Å². The van der Waals surface area contributed by atoms with Gasteiger partial charge in [-0.2, -0.15) is 13.2 Å². The molecule has 1 rings (SSSR count). The molecule has 4 nitrogen and oxygen atoms in total. The third kappa shape index (κ3) is 2.74. The molecular formula is C9H10F3NO3. The van der Waals surface area contributed by atoms with Crippen LogP contribution in [-0.4, -0.2) is 16.1 Å². The first-order chi connectivity index (χ1) is 7.21. The molecule has 0 aliphatic heterocycles. The minimum atomic E-state index is -4.65. The zero-order valence-electron chi connectivity index (χ0n) is 8.63. The van der Waals surface area contributed by atoms with Crippen molar-refractivity contribution in [2.24, 2.45) is 0 Å². The smallest absolute Gasteiger partial charge is 0.451 e. The van der Waals surface area contributed by atoms with Gasteiger partial charge in [-0.3, -0.25) is 4.79 Å². The van der Waals surface area contributed by atoms with Crippen LogP contribution in [-0.2, 0) is 17.4 Å². The molecule has 1 aromatic heterocycles. The summed E-state index contributed by atoms with van der Waals surface area (Å²) in [5.74, 6) is -3.41. The monoisotopic (exact) mass is 237 g/mol. The highest BCUT2D eigenvalue weighted by Crippen LogP contribution is 2.35. The maximum atomic E-state index is 12.5. The summed E-state index contributed by atoms with van der Waals surface area (Å²) in [6.07, 6.45) is -5.31. The van der Waals surface area contributed by atoms with E-state index in [2.05, 4.69) is 9.40 Å². The molecular weight excluding hydrogens is 227 g/mol. The van der Waals surface area contributed by atoms with E-state index in [0.29, 0.717) is 0 Å². The summed E-state index contributed by atoms with van der Waals surface area (Å²) in [4.78, 5) is 13.9. The standard InChI is InChI=1S/C9H10F3NO3/c1-4(2)7-8(9(10,11)12)16-5(13-7)3-6(14)15/h4H,3H2,1-2H3,(H,14,15). The number of rotatable bonds is 3. The summed E-state index contributed by atoms with van der Waals surface area (Å²) in [7, 11) is 0. The molecule has 0 spiro atoms. The Morgan fingerprint density at radius 2 is 2.06 bits per heavy atom. The van der Waals surface area contributed by atoms with Crippen molar-refractivity contribution in [1.29, 1.82) is 0 Å². The fourth-order valence-corrected chi connectivity index (χ4v) is 1.18. The van der Waals surface area contributed by atoms with Gasteiger partial charge in [-0.25, -0.2) is 4.98 Å². The lowest BCUT2D eigenvalue weighted by Crippen LogP contribution is -2.08. The van der Waals surface area contributed by atoms with Crippen molar-refractivity contribution in [3.8, 4) is 0 Å². The van der Waals surface area contributed by atoms with Crippen molar-refractivity contribution in [1.82, 2.24) is 4.98 Å². The summed E-state index contributed by atoms with van der Waals surface area (Å²) in [6, 6.07) is 0. The van der Waals surface area contributed by atoms with Crippen LogP contribution >= 0.6 is 0 Å². The first-order valence-corrected chi connectivity index (χ1v) is 4.50. The molecule has 90 valence electrons. The highest BCUT2D eigenvalue weighted by molar-refractivity contribution is 5.68. The average Bonchev–Trinajstić information content (AvgIpc) is 2.45. The third-order valence-corrected chi connectivity index (χ3v) is 1.80. The second kappa shape index (κ2) is 4.15. The van der Waals surface area contributed by atoms with Crippen LogP contribution in [0.2, 0.25) is 0 Å². The lowest BCUT2D eigenvalue weighted by Gasteiger charge is -2.06. The first kappa shape index (κ1) is 12.5. The summed E-state index contributed by atoms with van der Waals surface area (Å²) < 4.78 is 41.9. The van der Waals surface area contributed by atoms with E-state index in [0.717, 1.165) is 0 Å². The average molecular weight is 237 g/mol. The Hall–Kier alpha value is -1.53. The largest absolute Gasteiger partial charge is 0.481 e. The van der Waals surface area contributed by atoms with Crippen molar-refractivity contribution in [2.75, 3.05) is 0 Å². The molecule has 0 aliphatic carbocycles. The number of aliphatic carboxylic acids is 1. The molecule has 0 radical (unpaired) electrons. The number of oxazole rings is 1. The number of alkyl halides is 3. The maximum Gasteiger partial charge on any atom is 0.451 e. The van der Waals surface area contributed by atoms with Crippen molar-refractivity contribution in [3.05, 3.63) is 17.3 Å². The lowest BCUT2D eigenvalue weighted by atomic mass is 10.1. The Bertz CT molecular complexity index is 395. The van der Waals surface area contributed by atoms with Gasteiger partial charge in [0.1, 0.15) is 6.42 Å². The molecule has 7 heteroatoms. The van der Waals surface area contributed by atoms with E-state index < -0.39 is 36.1 Å². The molecule has 16 heavy (non-hydrogen) atoms. The summed E-state index contributed by atoms with van der Waals surface area (Å²) in [5, 5.41) is 8.43. The fourth-order valence-electron chi connectivity index (χ4n) is 1.18. The van der Waals surface area contributed by atoms with Gasteiger partial charge < -0.3 is 9.52 Å². The van der Waals surface area contributed by atoms with Gasteiger partial charge in [0.15, 0.2) is 0 Å².